The molecule has 22 heavy (non-hydrogen) atoms. The lowest BCUT2D eigenvalue weighted by atomic mass is 10.1. The summed E-state index contributed by atoms with van der Waals surface area (Å²) in [7, 11) is 1.88. The molecule has 0 saturated heterocycles. The number of nitrogens with zero attached hydrogens (tertiary/aromatic N) is 2. The van der Waals surface area contributed by atoms with E-state index in [4.69, 9.17) is 0 Å². The summed E-state index contributed by atoms with van der Waals surface area (Å²) in [6.07, 6.45) is 5.05. The molecule has 4 nitrogen and oxygen atoms in total. The summed E-state index contributed by atoms with van der Waals surface area (Å²) < 4.78 is 1.77. The van der Waals surface area contributed by atoms with Crippen molar-refractivity contribution in [3.05, 3.63) is 41.6 Å². The first-order valence-corrected chi connectivity index (χ1v) is 8.03. The zero-order valence-corrected chi connectivity index (χ0v) is 13.3. The highest BCUT2D eigenvalue weighted by Crippen LogP contribution is 2.24. The highest BCUT2D eigenvalue weighted by atomic mass is 16.1. The Bertz CT molecular complexity index is 651. The largest absolute Gasteiger partial charge is 0.350 e. The van der Waals surface area contributed by atoms with Crippen LogP contribution in [0.15, 0.2) is 30.3 Å². The molecule has 1 saturated carbocycles. The Kier molecular flexibility index (Phi) is 4.27. The Morgan fingerprint density at radius 3 is 2.64 bits per heavy atom. The van der Waals surface area contributed by atoms with Gasteiger partial charge in [-0.2, -0.15) is 5.10 Å². The molecule has 1 aliphatic carbocycles. The van der Waals surface area contributed by atoms with Crippen molar-refractivity contribution < 1.29 is 4.79 Å². The van der Waals surface area contributed by atoms with Crippen molar-refractivity contribution in [3.8, 4) is 11.3 Å². The van der Waals surface area contributed by atoms with Crippen LogP contribution in [-0.4, -0.2) is 22.2 Å². The van der Waals surface area contributed by atoms with Gasteiger partial charge >= 0.3 is 0 Å². The zero-order valence-electron chi connectivity index (χ0n) is 13.3. The molecular formula is C18H23N3O. The van der Waals surface area contributed by atoms with E-state index in [1.165, 1.54) is 31.2 Å². The summed E-state index contributed by atoms with van der Waals surface area (Å²) in [6, 6.07) is 10.1. The van der Waals surface area contributed by atoms with Crippen molar-refractivity contribution in [1.82, 2.24) is 15.1 Å². The van der Waals surface area contributed by atoms with Crippen LogP contribution in [0.25, 0.3) is 11.3 Å². The maximum atomic E-state index is 12.3. The minimum atomic E-state index is -0.0686. The van der Waals surface area contributed by atoms with Crippen molar-refractivity contribution in [1.29, 1.82) is 0 Å². The second kappa shape index (κ2) is 6.34. The van der Waals surface area contributed by atoms with Crippen molar-refractivity contribution in [2.45, 2.75) is 32.6 Å². The molecule has 0 atom stereocenters. The maximum absolute atomic E-state index is 12.3. The van der Waals surface area contributed by atoms with E-state index in [1.807, 2.05) is 13.1 Å². The smallest absolute Gasteiger partial charge is 0.271 e. The number of amides is 1. The number of rotatable bonds is 4. The number of carbonyl (C=O) groups excluding carboxylic acids is 1. The molecule has 1 aromatic heterocycles. The first-order valence-electron chi connectivity index (χ1n) is 8.03. The molecule has 1 N–H and O–H groups in total. The van der Waals surface area contributed by atoms with Crippen LogP contribution in [0.3, 0.4) is 0 Å². The Morgan fingerprint density at radius 2 is 1.95 bits per heavy atom. The number of carbonyl (C=O) groups is 1. The average Bonchev–Trinajstić information content (AvgIpc) is 3.15. The summed E-state index contributed by atoms with van der Waals surface area (Å²) >= 11 is 0. The number of aromatic nitrogens is 2. The average molecular weight is 297 g/mol. The third-order valence-corrected chi connectivity index (χ3v) is 4.49. The monoisotopic (exact) mass is 297 g/mol. The lowest BCUT2D eigenvalue weighted by Crippen LogP contribution is -2.28. The van der Waals surface area contributed by atoms with E-state index >= 15 is 0 Å². The van der Waals surface area contributed by atoms with Crippen LogP contribution in [0, 0.1) is 12.8 Å². The topological polar surface area (TPSA) is 46.9 Å². The fourth-order valence-corrected chi connectivity index (χ4v) is 3.11. The molecule has 0 unspecified atom stereocenters. The second-order valence-corrected chi connectivity index (χ2v) is 6.26. The normalized spacial score (nSPS) is 15.2. The standard InChI is InChI=1S/C18H23N3O/c1-13-7-9-15(10-8-13)17-11-16(20-21(17)2)18(22)19-12-14-5-3-4-6-14/h7-11,14H,3-6,12H2,1-2H3,(H,19,22). The third kappa shape index (κ3) is 3.21. The molecule has 0 radical (unpaired) electrons. The number of benzene rings is 1. The van der Waals surface area contributed by atoms with Gasteiger partial charge in [-0.15, -0.1) is 0 Å². The Morgan fingerprint density at radius 1 is 1.27 bits per heavy atom. The minimum Gasteiger partial charge on any atom is -0.350 e. The zero-order chi connectivity index (χ0) is 15.5. The van der Waals surface area contributed by atoms with E-state index in [1.54, 1.807) is 4.68 Å². The SMILES string of the molecule is Cc1ccc(-c2cc(C(=O)NCC3CCCC3)nn2C)cc1. The van der Waals surface area contributed by atoms with Crippen LogP contribution in [0.1, 0.15) is 41.7 Å². The van der Waals surface area contributed by atoms with E-state index < -0.39 is 0 Å². The number of hydrogen-bond donors (Lipinski definition) is 1. The first-order chi connectivity index (χ1) is 10.6. The van der Waals surface area contributed by atoms with E-state index in [-0.39, 0.29) is 5.91 Å². The summed E-state index contributed by atoms with van der Waals surface area (Å²) in [5.41, 5.74) is 3.76. The lowest BCUT2D eigenvalue weighted by Gasteiger charge is -2.08. The maximum Gasteiger partial charge on any atom is 0.271 e. The van der Waals surface area contributed by atoms with Gasteiger partial charge in [0.25, 0.3) is 5.91 Å². The fraction of sp³-hybridized carbons (Fsp3) is 0.444. The molecular weight excluding hydrogens is 274 g/mol. The summed E-state index contributed by atoms with van der Waals surface area (Å²) in [6.45, 7) is 2.84. The van der Waals surface area contributed by atoms with Crippen molar-refractivity contribution in [3.63, 3.8) is 0 Å². The number of hydrogen-bond acceptors (Lipinski definition) is 2. The first kappa shape index (κ1) is 14.8. The van der Waals surface area contributed by atoms with Gasteiger partial charge in [-0.1, -0.05) is 42.7 Å². The van der Waals surface area contributed by atoms with Crippen LogP contribution in [0.5, 0.6) is 0 Å². The third-order valence-electron chi connectivity index (χ3n) is 4.49. The van der Waals surface area contributed by atoms with E-state index in [2.05, 4.69) is 41.6 Å². The van der Waals surface area contributed by atoms with Gasteiger partial charge in [0, 0.05) is 13.6 Å². The van der Waals surface area contributed by atoms with Crippen molar-refractivity contribution >= 4 is 5.91 Å². The van der Waals surface area contributed by atoms with Crippen LogP contribution >= 0.6 is 0 Å². The van der Waals surface area contributed by atoms with Gasteiger partial charge in [0.2, 0.25) is 0 Å². The molecule has 1 aromatic carbocycles. The van der Waals surface area contributed by atoms with Crippen LogP contribution in [0.4, 0.5) is 0 Å². The summed E-state index contributed by atoms with van der Waals surface area (Å²) in [5, 5.41) is 7.39. The molecule has 1 amide bonds. The predicted octanol–water partition coefficient (Wildman–Crippen LogP) is 3.32. The highest BCUT2D eigenvalue weighted by Gasteiger charge is 2.18. The van der Waals surface area contributed by atoms with Crippen LogP contribution < -0.4 is 5.32 Å². The van der Waals surface area contributed by atoms with Gasteiger partial charge in [-0.25, -0.2) is 0 Å². The summed E-state index contributed by atoms with van der Waals surface area (Å²) in [5.74, 6) is 0.574. The fourth-order valence-electron chi connectivity index (χ4n) is 3.11. The molecule has 2 aromatic rings. The van der Waals surface area contributed by atoms with E-state index in [0.717, 1.165) is 17.8 Å². The quantitative estimate of drug-likeness (QED) is 0.941. The highest BCUT2D eigenvalue weighted by molar-refractivity contribution is 5.93. The minimum absolute atomic E-state index is 0.0686. The van der Waals surface area contributed by atoms with Crippen LogP contribution in [-0.2, 0) is 7.05 Å². The van der Waals surface area contributed by atoms with Gasteiger partial charge in [-0.05, 0) is 37.3 Å². The van der Waals surface area contributed by atoms with Gasteiger partial charge in [0.1, 0.15) is 0 Å². The van der Waals surface area contributed by atoms with Crippen LogP contribution in [0.2, 0.25) is 0 Å². The van der Waals surface area contributed by atoms with Gasteiger partial charge in [0.05, 0.1) is 5.69 Å². The van der Waals surface area contributed by atoms with Gasteiger partial charge < -0.3 is 5.32 Å². The number of aryl methyl sites for hydroxylation is 2. The Hall–Kier alpha value is -2.10. The van der Waals surface area contributed by atoms with Gasteiger partial charge in [-0.3, -0.25) is 9.48 Å². The van der Waals surface area contributed by atoms with E-state index in [9.17, 15) is 4.79 Å². The molecule has 4 heteroatoms. The molecule has 1 fully saturated rings. The lowest BCUT2D eigenvalue weighted by molar-refractivity contribution is 0.0941. The molecule has 0 bridgehead atoms. The Balaban J connectivity index is 1.70. The summed E-state index contributed by atoms with van der Waals surface area (Å²) in [4.78, 5) is 12.3. The molecule has 3 rings (SSSR count). The van der Waals surface area contributed by atoms with Crippen molar-refractivity contribution in [2.75, 3.05) is 6.54 Å². The molecule has 0 spiro atoms. The molecule has 1 heterocycles. The predicted molar refractivity (Wildman–Crippen MR) is 87.7 cm³/mol. The molecule has 116 valence electrons. The number of nitrogens with one attached hydrogen (secondary N) is 1. The Labute approximate surface area is 131 Å². The molecule has 1 aliphatic rings. The second-order valence-electron chi connectivity index (χ2n) is 6.26. The van der Waals surface area contributed by atoms with E-state index in [0.29, 0.717) is 11.6 Å². The van der Waals surface area contributed by atoms with Crippen molar-refractivity contribution in [2.24, 2.45) is 13.0 Å². The molecule has 0 aliphatic heterocycles. The van der Waals surface area contributed by atoms with Gasteiger partial charge in [0.15, 0.2) is 5.69 Å².